The summed E-state index contributed by atoms with van der Waals surface area (Å²) in [6, 6.07) is 5.77. The molecule has 12 heavy (non-hydrogen) atoms. The summed E-state index contributed by atoms with van der Waals surface area (Å²) < 4.78 is 0. The molecule has 0 aliphatic heterocycles. The SMILES string of the molecule is O=C(OO)c1ccccc1O.[NaH]. The fraction of sp³-hybridized carbons (Fsp3) is 0. The minimum atomic E-state index is -0.969. The van der Waals surface area contributed by atoms with E-state index >= 15 is 0 Å². The van der Waals surface area contributed by atoms with E-state index in [0.717, 1.165) is 0 Å². The second kappa shape index (κ2) is 5.16. The Morgan fingerprint density at radius 1 is 1.33 bits per heavy atom. The first-order valence-corrected chi connectivity index (χ1v) is 2.89. The van der Waals surface area contributed by atoms with Crippen LogP contribution in [0.1, 0.15) is 10.4 Å². The number of benzene rings is 1. The number of para-hydroxylation sites is 1. The summed E-state index contributed by atoms with van der Waals surface area (Å²) in [5, 5.41) is 17.0. The van der Waals surface area contributed by atoms with Gasteiger partial charge >= 0.3 is 35.5 Å². The van der Waals surface area contributed by atoms with Crippen LogP contribution in [0.2, 0.25) is 0 Å². The Labute approximate surface area is 91.0 Å². The predicted octanol–water partition coefficient (Wildman–Crippen LogP) is 0.373. The van der Waals surface area contributed by atoms with E-state index in [0.29, 0.717) is 0 Å². The van der Waals surface area contributed by atoms with Crippen LogP contribution in [0, 0.1) is 0 Å². The van der Waals surface area contributed by atoms with Crippen molar-refractivity contribution in [3.8, 4) is 5.75 Å². The summed E-state index contributed by atoms with van der Waals surface area (Å²) in [6.45, 7) is 0. The number of phenols is 1. The molecule has 4 nitrogen and oxygen atoms in total. The molecule has 0 heterocycles. The van der Waals surface area contributed by atoms with Gasteiger partial charge in [0.2, 0.25) is 0 Å². The van der Waals surface area contributed by atoms with Gasteiger partial charge in [-0.3, -0.25) is 4.89 Å². The Bertz CT molecular complexity index is 274. The Balaban J connectivity index is 0.00000121. The second-order valence-electron chi connectivity index (χ2n) is 1.90. The fourth-order valence-electron chi connectivity index (χ4n) is 0.695. The van der Waals surface area contributed by atoms with Crippen LogP contribution in [-0.4, -0.2) is 45.9 Å². The number of hydrogen-bond donors (Lipinski definition) is 2. The van der Waals surface area contributed by atoms with Crippen molar-refractivity contribution in [2.45, 2.75) is 0 Å². The zero-order valence-corrected chi connectivity index (χ0v) is 5.52. The number of hydrogen-bond acceptors (Lipinski definition) is 4. The molecule has 1 aromatic rings. The van der Waals surface area contributed by atoms with Crippen LogP contribution < -0.4 is 0 Å². The second-order valence-corrected chi connectivity index (χ2v) is 1.90. The Kier molecular flexibility index (Phi) is 4.92. The molecule has 0 amide bonds. The first kappa shape index (κ1) is 11.4. The molecule has 60 valence electrons. The van der Waals surface area contributed by atoms with Crippen LogP contribution in [0.25, 0.3) is 0 Å². The number of carbonyl (C=O) groups is 1. The van der Waals surface area contributed by atoms with Gasteiger partial charge in [0.05, 0.1) is 0 Å². The van der Waals surface area contributed by atoms with E-state index in [1.807, 2.05) is 0 Å². The molecular formula is C7H7NaO4. The van der Waals surface area contributed by atoms with Crippen molar-refractivity contribution in [3.63, 3.8) is 0 Å². The topological polar surface area (TPSA) is 66.8 Å². The molecule has 0 atom stereocenters. The van der Waals surface area contributed by atoms with Crippen molar-refractivity contribution in [3.05, 3.63) is 29.8 Å². The van der Waals surface area contributed by atoms with E-state index in [2.05, 4.69) is 4.89 Å². The third kappa shape index (κ3) is 2.49. The molecule has 5 heteroatoms. The molecule has 2 N–H and O–H groups in total. The zero-order valence-electron chi connectivity index (χ0n) is 5.52. The third-order valence-corrected chi connectivity index (χ3v) is 1.21. The van der Waals surface area contributed by atoms with Crippen molar-refractivity contribution >= 4 is 35.5 Å². The van der Waals surface area contributed by atoms with Crippen molar-refractivity contribution in [1.82, 2.24) is 0 Å². The maximum absolute atomic E-state index is 10.6. The molecule has 0 saturated carbocycles. The number of aromatic hydroxyl groups is 1. The summed E-state index contributed by atoms with van der Waals surface area (Å²) in [5.74, 6) is -1.19. The number of rotatable bonds is 1. The minimum absolute atomic E-state index is 0. The summed E-state index contributed by atoms with van der Waals surface area (Å²) in [4.78, 5) is 14.0. The van der Waals surface area contributed by atoms with Crippen LogP contribution in [-0.2, 0) is 4.89 Å². The first-order chi connectivity index (χ1) is 5.25. The Morgan fingerprint density at radius 3 is 2.42 bits per heavy atom. The van der Waals surface area contributed by atoms with Gasteiger partial charge in [0.15, 0.2) is 0 Å². The summed E-state index contributed by atoms with van der Waals surface area (Å²) in [6.07, 6.45) is 0. The average molecular weight is 178 g/mol. The average Bonchev–Trinajstić information content (AvgIpc) is 2.04. The molecule has 0 fully saturated rings. The standard InChI is InChI=1S/C7H6O4.Na.H/c8-6-4-2-1-3-5(6)7(9)11-10;;/h1-4,8,10H;;. The number of carbonyl (C=O) groups excluding carboxylic acids is 1. The molecule has 0 unspecified atom stereocenters. The van der Waals surface area contributed by atoms with E-state index in [1.165, 1.54) is 12.1 Å². The van der Waals surface area contributed by atoms with Gasteiger partial charge in [-0.1, -0.05) is 12.1 Å². The van der Waals surface area contributed by atoms with Crippen LogP contribution >= 0.6 is 0 Å². The van der Waals surface area contributed by atoms with Gasteiger partial charge in [0.25, 0.3) is 0 Å². The van der Waals surface area contributed by atoms with E-state index in [4.69, 9.17) is 10.4 Å². The van der Waals surface area contributed by atoms with Gasteiger partial charge in [0.1, 0.15) is 11.3 Å². The molecule has 0 aliphatic rings. The van der Waals surface area contributed by atoms with Crippen molar-refractivity contribution in [2.24, 2.45) is 0 Å². The van der Waals surface area contributed by atoms with Gasteiger partial charge < -0.3 is 5.11 Å². The summed E-state index contributed by atoms with van der Waals surface area (Å²) in [7, 11) is 0. The van der Waals surface area contributed by atoms with Crippen LogP contribution in [0.3, 0.4) is 0 Å². The van der Waals surface area contributed by atoms with Crippen LogP contribution in [0.4, 0.5) is 0 Å². The molecule has 0 bridgehead atoms. The van der Waals surface area contributed by atoms with Gasteiger partial charge in [-0.25, -0.2) is 4.79 Å². The molecule has 0 aromatic heterocycles. The first-order valence-electron chi connectivity index (χ1n) is 2.89. The molecular weight excluding hydrogens is 171 g/mol. The summed E-state index contributed by atoms with van der Waals surface area (Å²) >= 11 is 0. The molecule has 1 rings (SSSR count). The zero-order chi connectivity index (χ0) is 8.27. The van der Waals surface area contributed by atoms with Crippen molar-refractivity contribution < 1.29 is 20.0 Å². The molecule has 1 aromatic carbocycles. The molecule has 0 saturated heterocycles. The Morgan fingerprint density at radius 2 is 1.92 bits per heavy atom. The fourth-order valence-corrected chi connectivity index (χ4v) is 0.695. The molecule has 0 radical (unpaired) electrons. The predicted molar refractivity (Wildman–Crippen MR) is 43.3 cm³/mol. The van der Waals surface area contributed by atoms with Gasteiger partial charge in [-0.05, 0) is 12.1 Å². The van der Waals surface area contributed by atoms with Gasteiger partial charge in [0, 0.05) is 0 Å². The Hall–Kier alpha value is -0.550. The van der Waals surface area contributed by atoms with E-state index in [9.17, 15) is 4.79 Å². The van der Waals surface area contributed by atoms with E-state index in [1.54, 1.807) is 12.1 Å². The molecule has 0 spiro atoms. The van der Waals surface area contributed by atoms with Crippen molar-refractivity contribution in [1.29, 1.82) is 0 Å². The third-order valence-electron chi connectivity index (χ3n) is 1.21. The van der Waals surface area contributed by atoms with Gasteiger partial charge in [-0.15, -0.1) is 0 Å². The van der Waals surface area contributed by atoms with Crippen LogP contribution in [0.5, 0.6) is 5.75 Å². The maximum atomic E-state index is 10.6. The van der Waals surface area contributed by atoms with Gasteiger partial charge in [-0.2, -0.15) is 5.26 Å². The number of phenolic OH excluding ortho intramolecular Hbond substituents is 1. The van der Waals surface area contributed by atoms with E-state index < -0.39 is 5.97 Å². The summed E-state index contributed by atoms with van der Waals surface area (Å²) in [5.41, 5.74) is -0.0602. The van der Waals surface area contributed by atoms with E-state index in [-0.39, 0.29) is 40.9 Å². The normalized spacial score (nSPS) is 8.42. The van der Waals surface area contributed by atoms with Crippen molar-refractivity contribution in [2.75, 3.05) is 0 Å². The quantitative estimate of drug-likeness (QED) is 0.370. The monoisotopic (exact) mass is 178 g/mol. The molecule has 0 aliphatic carbocycles. The van der Waals surface area contributed by atoms with Crippen LogP contribution in [0.15, 0.2) is 24.3 Å².